The summed E-state index contributed by atoms with van der Waals surface area (Å²) in [6, 6.07) is 0. The SMILES string of the molecule is CCCCOCCOCC[NH3+]. The molecule has 0 bridgehead atoms. The summed E-state index contributed by atoms with van der Waals surface area (Å²) >= 11 is 0. The predicted molar refractivity (Wildman–Crippen MR) is 44.3 cm³/mol. The van der Waals surface area contributed by atoms with E-state index in [0.29, 0.717) is 6.61 Å². The maximum Gasteiger partial charge on any atom is 0.0977 e. The molecule has 0 aromatic carbocycles. The Morgan fingerprint density at radius 2 is 1.64 bits per heavy atom. The molecule has 0 aliphatic heterocycles. The van der Waals surface area contributed by atoms with Gasteiger partial charge in [-0.15, -0.1) is 0 Å². The number of quaternary nitrogens is 1. The summed E-state index contributed by atoms with van der Waals surface area (Å²) in [5.74, 6) is 0. The maximum atomic E-state index is 5.28. The van der Waals surface area contributed by atoms with Crippen LogP contribution in [0.2, 0.25) is 0 Å². The van der Waals surface area contributed by atoms with E-state index in [1.165, 1.54) is 6.42 Å². The van der Waals surface area contributed by atoms with Crippen LogP contribution in [0.1, 0.15) is 19.8 Å². The van der Waals surface area contributed by atoms with E-state index in [2.05, 4.69) is 12.7 Å². The van der Waals surface area contributed by atoms with Crippen molar-refractivity contribution in [2.45, 2.75) is 19.8 Å². The highest BCUT2D eigenvalue weighted by atomic mass is 16.5. The average molecular weight is 162 g/mol. The van der Waals surface area contributed by atoms with Gasteiger partial charge in [0.25, 0.3) is 0 Å². The Hall–Kier alpha value is -0.120. The van der Waals surface area contributed by atoms with Gasteiger partial charge in [-0.2, -0.15) is 0 Å². The molecule has 0 radical (unpaired) electrons. The van der Waals surface area contributed by atoms with Gasteiger partial charge in [0, 0.05) is 6.61 Å². The molecule has 0 fully saturated rings. The molecule has 0 unspecified atom stereocenters. The molecule has 0 spiro atoms. The van der Waals surface area contributed by atoms with E-state index < -0.39 is 0 Å². The molecule has 0 atom stereocenters. The fourth-order valence-electron chi connectivity index (χ4n) is 0.670. The monoisotopic (exact) mass is 162 g/mol. The smallest absolute Gasteiger partial charge is 0.0977 e. The molecule has 0 saturated carbocycles. The van der Waals surface area contributed by atoms with Gasteiger partial charge in [0.2, 0.25) is 0 Å². The highest BCUT2D eigenvalue weighted by molar-refractivity contribution is 4.33. The van der Waals surface area contributed by atoms with Crippen LogP contribution >= 0.6 is 0 Å². The molecule has 0 aliphatic rings. The average Bonchev–Trinajstić information content (AvgIpc) is 2.03. The van der Waals surface area contributed by atoms with Crippen LogP contribution in [-0.2, 0) is 9.47 Å². The van der Waals surface area contributed by atoms with Gasteiger partial charge in [0.1, 0.15) is 0 Å². The zero-order valence-corrected chi connectivity index (χ0v) is 7.47. The van der Waals surface area contributed by atoms with E-state index in [1.54, 1.807) is 0 Å². The second-order valence-electron chi connectivity index (χ2n) is 2.43. The summed E-state index contributed by atoms with van der Waals surface area (Å²) in [6.45, 7) is 6.04. The zero-order valence-electron chi connectivity index (χ0n) is 7.47. The maximum absolute atomic E-state index is 5.28. The number of hydrogen-bond donors (Lipinski definition) is 1. The first-order valence-electron chi connectivity index (χ1n) is 4.36. The zero-order chi connectivity index (χ0) is 8.36. The van der Waals surface area contributed by atoms with E-state index in [9.17, 15) is 0 Å². The van der Waals surface area contributed by atoms with E-state index in [-0.39, 0.29) is 0 Å². The lowest BCUT2D eigenvalue weighted by molar-refractivity contribution is -0.374. The molecule has 0 aromatic rings. The number of rotatable bonds is 8. The second kappa shape index (κ2) is 9.88. The van der Waals surface area contributed by atoms with Crippen LogP contribution < -0.4 is 5.73 Å². The standard InChI is InChI=1S/C8H19NO2/c1-2-3-5-10-7-8-11-6-4-9/h2-9H2,1H3/p+1. The van der Waals surface area contributed by atoms with Crippen molar-refractivity contribution in [2.24, 2.45) is 0 Å². The molecule has 3 N–H and O–H groups in total. The predicted octanol–water partition coefficient (Wildman–Crippen LogP) is 0.0616. The summed E-state index contributed by atoms with van der Waals surface area (Å²) in [4.78, 5) is 0. The number of unbranched alkanes of at least 4 members (excludes halogenated alkanes) is 1. The van der Waals surface area contributed by atoms with Crippen LogP contribution in [0.5, 0.6) is 0 Å². The van der Waals surface area contributed by atoms with Crippen molar-refractivity contribution < 1.29 is 15.2 Å². The Balaban J connectivity index is 2.69. The van der Waals surface area contributed by atoms with Gasteiger partial charge < -0.3 is 15.2 Å². The fraction of sp³-hybridized carbons (Fsp3) is 1.00. The van der Waals surface area contributed by atoms with Crippen molar-refractivity contribution >= 4 is 0 Å². The van der Waals surface area contributed by atoms with Gasteiger partial charge in [0.05, 0.1) is 26.4 Å². The third-order valence-corrected chi connectivity index (χ3v) is 1.30. The van der Waals surface area contributed by atoms with Gasteiger partial charge in [-0.05, 0) is 6.42 Å². The highest BCUT2D eigenvalue weighted by Crippen LogP contribution is 1.87. The molecule has 0 heterocycles. The van der Waals surface area contributed by atoms with Crippen LogP contribution in [0.4, 0.5) is 0 Å². The van der Waals surface area contributed by atoms with Crippen molar-refractivity contribution in [1.82, 2.24) is 0 Å². The molecule has 68 valence electrons. The lowest BCUT2D eigenvalue weighted by atomic mass is 10.4. The first-order chi connectivity index (χ1) is 5.41. The van der Waals surface area contributed by atoms with Crippen molar-refractivity contribution in [3.8, 4) is 0 Å². The first kappa shape index (κ1) is 10.9. The van der Waals surface area contributed by atoms with E-state index in [4.69, 9.17) is 9.47 Å². The van der Waals surface area contributed by atoms with Gasteiger partial charge >= 0.3 is 0 Å². The molecule has 0 amide bonds. The van der Waals surface area contributed by atoms with E-state index >= 15 is 0 Å². The second-order valence-corrected chi connectivity index (χ2v) is 2.43. The normalized spacial score (nSPS) is 10.4. The van der Waals surface area contributed by atoms with E-state index in [1.807, 2.05) is 0 Å². The number of hydrogen-bond acceptors (Lipinski definition) is 2. The molecule has 11 heavy (non-hydrogen) atoms. The van der Waals surface area contributed by atoms with Gasteiger partial charge in [-0.3, -0.25) is 0 Å². The minimum Gasteiger partial charge on any atom is -0.379 e. The number of ether oxygens (including phenoxy) is 2. The van der Waals surface area contributed by atoms with Crippen LogP contribution in [0.3, 0.4) is 0 Å². The van der Waals surface area contributed by atoms with Crippen LogP contribution in [-0.4, -0.2) is 33.0 Å². The van der Waals surface area contributed by atoms with Crippen LogP contribution in [0.25, 0.3) is 0 Å². The fourth-order valence-corrected chi connectivity index (χ4v) is 0.670. The molecular weight excluding hydrogens is 142 g/mol. The third kappa shape index (κ3) is 9.88. The molecule has 3 nitrogen and oxygen atoms in total. The van der Waals surface area contributed by atoms with Crippen molar-refractivity contribution in [2.75, 3.05) is 33.0 Å². The summed E-state index contributed by atoms with van der Waals surface area (Å²) in [7, 11) is 0. The quantitative estimate of drug-likeness (QED) is 0.513. The lowest BCUT2D eigenvalue weighted by Gasteiger charge is -2.02. The van der Waals surface area contributed by atoms with Gasteiger partial charge in [-0.1, -0.05) is 13.3 Å². The first-order valence-corrected chi connectivity index (χ1v) is 4.36. The summed E-state index contributed by atoms with van der Waals surface area (Å²) in [6.07, 6.45) is 2.34. The van der Waals surface area contributed by atoms with Gasteiger partial charge in [0.15, 0.2) is 0 Å². The lowest BCUT2D eigenvalue weighted by Crippen LogP contribution is -2.52. The summed E-state index contributed by atoms with van der Waals surface area (Å²) in [5, 5.41) is 0. The Labute approximate surface area is 68.9 Å². The van der Waals surface area contributed by atoms with Crippen LogP contribution in [0.15, 0.2) is 0 Å². The minimum absolute atomic E-state index is 0.708. The van der Waals surface area contributed by atoms with Gasteiger partial charge in [-0.25, -0.2) is 0 Å². The largest absolute Gasteiger partial charge is 0.379 e. The van der Waals surface area contributed by atoms with Crippen molar-refractivity contribution in [1.29, 1.82) is 0 Å². The van der Waals surface area contributed by atoms with Crippen molar-refractivity contribution in [3.63, 3.8) is 0 Å². The Kier molecular flexibility index (Phi) is 9.77. The molecule has 3 heteroatoms. The van der Waals surface area contributed by atoms with E-state index in [0.717, 1.165) is 32.8 Å². The molecule has 0 aliphatic carbocycles. The minimum atomic E-state index is 0.708. The Morgan fingerprint density at radius 1 is 1.00 bits per heavy atom. The molecule has 0 aromatic heterocycles. The molecular formula is C8H20NO2+. The van der Waals surface area contributed by atoms with Crippen LogP contribution in [0, 0.1) is 0 Å². The van der Waals surface area contributed by atoms with Crippen molar-refractivity contribution in [3.05, 3.63) is 0 Å². The summed E-state index contributed by atoms with van der Waals surface area (Å²) < 4.78 is 10.5. The third-order valence-electron chi connectivity index (χ3n) is 1.30. The Bertz CT molecular complexity index is 61.1. The topological polar surface area (TPSA) is 46.1 Å². The summed E-state index contributed by atoms with van der Waals surface area (Å²) in [5.41, 5.74) is 3.67. The molecule has 0 saturated heterocycles. The highest BCUT2D eigenvalue weighted by Gasteiger charge is 1.88. The molecule has 0 rings (SSSR count). The Morgan fingerprint density at radius 3 is 2.18 bits per heavy atom.